The van der Waals surface area contributed by atoms with Gasteiger partial charge in [0.05, 0.1) is 12.2 Å². The van der Waals surface area contributed by atoms with Gasteiger partial charge in [0.25, 0.3) is 0 Å². The van der Waals surface area contributed by atoms with Crippen LogP contribution in [-0.4, -0.2) is 37.9 Å². The van der Waals surface area contributed by atoms with Gasteiger partial charge in [0.2, 0.25) is 0 Å². The van der Waals surface area contributed by atoms with Gasteiger partial charge in [-0.2, -0.15) is 0 Å². The number of carbonyl (C=O) groups excluding carboxylic acids is 1. The zero-order valence-electron chi connectivity index (χ0n) is 13.4. The second kappa shape index (κ2) is 5.75. The molecule has 0 aliphatic carbocycles. The molecule has 1 amide bonds. The molecule has 0 spiro atoms. The summed E-state index contributed by atoms with van der Waals surface area (Å²) in [6.07, 6.45) is 0.981. The fourth-order valence-electron chi connectivity index (χ4n) is 1.86. The van der Waals surface area contributed by atoms with Crippen molar-refractivity contribution in [2.24, 2.45) is 0 Å². The van der Waals surface area contributed by atoms with E-state index >= 15 is 0 Å². The summed E-state index contributed by atoms with van der Waals surface area (Å²) in [6.45, 7) is 10.3. The Morgan fingerprint density at radius 1 is 1.33 bits per heavy atom. The normalized spacial score (nSPS) is 14.4. The lowest BCUT2D eigenvalue weighted by molar-refractivity contribution is -0.144. The molecular formula is C14H23N3O4. The van der Waals surface area contributed by atoms with E-state index in [9.17, 15) is 14.7 Å². The third-order valence-electron chi connectivity index (χ3n) is 2.83. The third kappa shape index (κ3) is 4.77. The molecule has 118 valence electrons. The Morgan fingerprint density at radius 3 is 2.29 bits per heavy atom. The fraction of sp³-hybridized carbons (Fsp3) is 0.643. The number of hydrogen-bond acceptors (Lipinski definition) is 4. The maximum atomic E-state index is 11.8. The first-order valence-corrected chi connectivity index (χ1v) is 6.68. The van der Waals surface area contributed by atoms with E-state index in [1.807, 2.05) is 6.92 Å². The number of carboxylic acids is 1. The number of ether oxygens (including phenoxy) is 1. The average molecular weight is 297 g/mol. The van der Waals surface area contributed by atoms with E-state index in [4.69, 9.17) is 4.74 Å². The number of alkyl carbamates (subject to hydrolysis) is 1. The molecule has 7 nitrogen and oxygen atoms in total. The molecule has 1 rings (SSSR count). The number of aliphatic carboxylic acids is 1. The highest BCUT2D eigenvalue weighted by Crippen LogP contribution is 2.14. The van der Waals surface area contributed by atoms with Crippen LogP contribution in [0, 0.1) is 13.8 Å². The van der Waals surface area contributed by atoms with E-state index in [-0.39, 0.29) is 6.54 Å². The van der Waals surface area contributed by atoms with Crippen molar-refractivity contribution in [3.63, 3.8) is 0 Å². The van der Waals surface area contributed by atoms with Crippen molar-refractivity contribution in [3.8, 4) is 0 Å². The van der Waals surface area contributed by atoms with E-state index in [2.05, 4.69) is 10.3 Å². The zero-order valence-corrected chi connectivity index (χ0v) is 13.4. The fourth-order valence-corrected chi connectivity index (χ4v) is 1.86. The predicted molar refractivity (Wildman–Crippen MR) is 77.1 cm³/mol. The van der Waals surface area contributed by atoms with Crippen LogP contribution in [0.5, 0.6) is 0 Å². The Kier molecular flexibility index (Phi) is 4.65. The second-order valence-corrected chi connectivity index (χ2v) is 6.32. The van der Waals surface area contributed by atoms with Crippen LogP contribution in [0.4, 0.5) is 4.79 Å². The zero-order chi connectivity index (χ0) is 16.4. The lowest BCUT2D eigenvalue weighted by Crippen LogP contribution is -2.56. The van der Waals surface area contributed by atoms with Crippen LogP contribution < -0.4 is 5.32 Å². The number of aromatic nitrogens is 2. The van der Waals surface area contributed by atoms with Crippen LogP contribution in [0.25, 0.3) is 0 Å². The maximum Gasteiger partial charge on any atom is 0.408 e. The van der Waals surface area contributed by atoms with Crippen molar-refractivity contribution < 1.29 is 19.4 Å². The summed E-state index contributed by atoms with van der Waals surface area (Å²) < 4.78 is 6.81. The summed E-state index contributed by atoms with van der Waals surface area (Å²) in [7, 11) is 0. The Labute approximate surface area is 124 Å². The van der Waals surface area contributed by atoms with Gasteiger partial charge in [0.1, 0.15) is 11.4 Å². The molecule has 0 saturated carbocycles. The summed E-state index contributed by atoms with van der Waals surface area (Å²) in [5.74, 6) is -0.454. The van der Waals surface area contributed by atoms with Crippen LogP contribution in [0.15, 0.2) is 6.20 Å². The van der Waals surface area contributed by atoms with E-state index in [0.29, 0.717) is 5.82 Å². The molecule has 2 N–H and O–H groups in total. The third-order valence-corrected chi connectivity index (χ3v) is 2.83. The maximum absolute atomic E-state index is 11.8. The first kappa shape index (κ1) is 17.0. The van der Waals surface area contributed by atoms with Gasteiger partial charge in [-0.1, -0.05) is 0 Å². The van der Waals surface area contributed by atoms with E-state index < -0.39 is 23.2 Å². The summed E-state index contributed by atoms with van der Waals surface area (Å²) in [4.78, 5) is 27.6. The summed E-state index contributed by atoms with van der Waals surface area (Å²) in [5.41, 5.74) is -1.39. The Bertz CT molecular complexity index is 545. The van der Waals surface area contributed by atoms with Crippen LogP contribution in [0.1, 0.15) is 39.2 Å². The van der Waals surface area contributed by atoms with Crippen molar-refractivity contribution in [3.05, 3.63) is 17.7 Å². The molecule has 21 heavy (non-hydrogen) atoms. The van der Waals surface area contributed by atoms with Crippen molar-refractivity contribution in [1.29, 1.82) is 0 Å². The lowest BCUT2D eigenvalue weighted by Gasteiger charge is -2.29. The Balaban J connectivity index is 2.91. The summed E-state index contributed by atoms with van der Waals surface area (Å²) in [5, 5.41) is 11.9. The number of hydrogen-bond donors (Lipinski definition) is 2. The molecule has 1 unspecified atom stereocenters. The highest BCUT2D eigenvalue weighted by Gasteiger charge is 2.37. The van der Waals surface area contributed by atoms with Crippen LogP contribution in [0.2, 0.25) is 0 Å². The Morgan fingerprint density at radius 2 is 1.90 bits per heavy atom. The molecule has 1 aromatic heterocycles. The number of nitrogens with one attached hydrogen (secondary N) is 1. The SMILES string of the molecule is Cc1cn(CC(C)(NC(=O)OC(C)(C)C)C(=O)O)c(C)n1. The van der Waals surface area contributed by atoms with Gasteiger partial charge >= 0.3 is 12.1 Å². The monoisotopic (exact) mass is 297 g/mol. The predicted octanol–water partition coefficient (Wildman–Crippen LogP) is 1.87. The summed E-state index contributed by atoms with van der Waals surface area (Å²) in [6, 6.07) is 0. The number of carbonyl (C=O) groups is 2. The van der Waals surface area contributed by atoms with E-state index in [1.54, 1.807) is 38.5 Å². The minimum Gasteiger partial charge on any atom is -0.479 e. The number of aryl methyl sites for hydroxylation is 2. The van der Waals surface area contributed by atoms with Crippen LogP contribution in [0.3, 0.4) is 0 Å². The van der Waals surface area contributed by atoms with E-state index in [0.717, 1.165) is 5.69 Å². The van der Waals surface area contributed by atoms with Gasteiger partial charge in [-0.05, 0) is 41.5 Å². The van der Waals surface area contributed by atoms with Gasteiger partial charge in [-0.3, -0.25) is 0 Å². The standard InChI is InChI=1S/C14H23N3O4/c1-9-7-17(10(2)15-9)8-14(6,11(18)19)16-12(20)21-13(3,4)5/h7H,8H2,1-6H3,(H,16,20)(H,18,19). The highest BCUT2D eigenvalue weighted by molar-refractivity contribution is 5.83. The molecule has 0 bridgehead atoms. The topological polar surface area (TPSA) is 93.5 Å². The van der Waals surface area contributed by atoms with Crippen LogP contribution in [-0.2, 0) is 16.1 Å². The quantitative estimate of drug-likeness (QED) is 0.885. The minimum absolute atomic E-state index is 0.0637. The molecule has 7 heteroatoms. The second-order valence-electron chi connectivity index (χ2n) is 6.32. The Hall–Kier alpha value is -2.05. The molecule has 1 atom stereocenters. The van der Waals surface area contributed by atoms with Crippen molar-refractivity contribution in [2.75, 3.05) is 0 Å². The molecule has 0 aliphatic heterocycles. The van der Waals surface area contributed by atoms with Gasteiger partial charge in [0.15, 0.2) is 5.54 Å². The first-order chi connectivity index (χ1) is 9.43. The number of rotatable bonds is 4. The number of imidazole rings is 1. The molecule has 0 fully saturated rings. The van der Waals surface area contributed by atoms with Gasteiger partial charge in [-0.25, -0.2) is 14.6 Å². The van der Waals surface area contributed by atoms with E-state index in [1.165, 1.54) is 6.92 Å². The lowest BCUT2D eigenvalue weighted by atomic mass is 10.0. The first-order valence-electron chi connectivity index (χ1n) is 6.68. The number of amides is 1. The molecule has 0 aromatic carbocycles. The molecular weight excluding hydrogens is 274 g/mol. The number of carboxylic acid groups (broad SMARTS) is 1. The van der Waals surface area contributed by atoms with Crippen molar-refractivity contribution in [2.45, 2.75) is 59.2 Å². The summed E-state index contributed by atoms with van der Waals surface area (Å²) >= 11 is 0. The van der Waals surface area contributed by atoms with Gasteiger partial charge < -0.3 is 19.7 Å². The van der Waals surface area contributed by atoms with Gasteiger partial charge in [-0.15, -0.1) is 0 Å². The largest absolute Gasteiger partial charge is 0.479 e. The minimum atomic E-state index is -1.49. The molecule has 0 aliphatic rings. The van der Waals surface area contributed by atoms with Crippen molar-refractivity contribution >= 4 is 12.1 Å². The number of nitrogens with zero attached hydrogens (tertiary/aromatic N) is 2. The molecule has 1 heterocycles. The molecule has 0 saturated heterocycles. The average Bonchev–Trinajstić information content (AvgIpc) is 2.53. The molecule has 1 aromatic rings. The van der Waals surface area contributed by atoms with Gasteiger partial charge in [0, 0.05) is 6.20 Å². The van der Waals surface area contributed by atoms with Crippen molar-refractivity contribution in [1.82, 2.24) is 14.9 Å². The smallest absolute Gasteiger partial charge is 0.408 e. The molecule has 0 radical (unpaired) electrons. The highest BCUT2D eigenvalue weighted by atomic mass is 16.6. The van der Waals surface area contributed by atoms with Crippen LogP contribution >= 0.6 is 0 Å².